The molecule has 0 aliphatic carbocycles. The molecule has 0 radical (unpaired) electrons. The van der Waals surface area contributed by atoms with Gasteiger partial charge in [0.1, 0.15) is 10.8 Å². The lowest BCUT2D eigenvalue weighted by Gasteiger charge is -2.14. The molecule has 0 bridgehead atoms. The Bertz CT molecular complexity index is 830. The molecule has 1 aromatic heterocycles. The molecule has 0 spiro atoms. The lowest BCUT2D eigenvalue weighted by Crippen LogP contribution is -2.31. The molecule has 5 nitrogen and oxygen atoms in total. The van der Waals surface area contributed by atoms with Crippen LogP contribution in [-0.2, 0) is 16.1 Å². The molecule has 3 rings (SSSR count). The van der Waals surface area contributed by atoms with Crippen molar-refractivity contribution in [2.75, 3.05) is 0 Å². The smallest absolute Gasteiger partial charge is 0.273 e. The molecule has 2 heterocycles. The highest BCUT2D eigenvalue weighted by Gasteiger charge is 2.38. The Morgan fingerprint density at radius 3 is 2.40 bits per heavy atom. The number of pyridine rings is 1. The van der Waals surface area contributed by atoms with E-state index in [0.717, 1.165) is 4.90 Å². The lowest BCUT2D eigenvalue weighted by molar-refractivity contribution is -0.137. The van der Waals surface area contributed by atoms with Gasteiger partial charge in [0.2, 0.25) is 0 Å². The first-order valence-corrected chi connectivity index (χ1v) is 8.28. The predicted octanol–water partition coefficient (Wildman–Crippen LogP) is 3.39. The van der Waals surface area contributed by atoms with E-state index in [1.54, 1.807) is 48.7 Å². The third kappa shape index (κ3) is 3.56. The maximum Gasteiger partial charge on any atom is 0.273 e. The third-order valence-electron chi connectivity index (χ3n) is 3.67. The normalized spacial score (nSPS) is 14.6. The van der Waals surface area contributed by atoms with Crippen molar-refractivity contribution in [2.24, 2.45) is 0 Å². The number of halogens is 1. The highest BCUT2D eigenvalue weighted by atomic mass is 35.5. The average Bonchev–Trinajstić information content (AvgIpc) is 2.80. The van der Waals surface area contributed by atoms with Crippen LogP contribution in [0.25, 0.3) is 5.57 Å². The van der Waals surface area contributed by atoms with E-state index in [0.29, 0.717) is 17.0 Å². The average molecular weight is 357 g/mol. The summed E-state index contributed by atoms with van der Waals surface area (Å²) in [6, 6.07) is 12.3. The zero-order valence-corrected chi connectivity index (χ0v) is 14.7. The number of imide groups is 1. The summed E-state index contributed by atoms with van der Waals surface area (Å²) in [4.78, 5) is 30.3. The fourth-order valence-corrected chi connectivity index (χ4v) is 2.86. The fourth-order valence-electron chi connectivity index (χ4n) is 2.57. The van der Waals surface area contributed by atoms with E-state index in [1.807, 2.05) is 13.8 Å². The minimum absolute atomic E-state index is 0.0530. The Balaban J connectivity index is 1.84. The Kier molecular flexibility index (Phi) is 4.86. The van der Waals surface area contributed by atoms with Gasteiger partial charge in [-0.05, 0) is 43.7 Å². The van der Waals surface area contributed by atoms with Crippen molar-refractivity contribution in [3.8, 4) is 5.75 Å². The minimum atomic E-state index is -0.505. The topological polar surface area (TPSA) is 59.5 Å². The van der Waals surface area contributed by atoms with E-state index < -0.39 is 11.8 Å². The van der Waals surface area contributed by atoms with Crippen LogP contribution in [0.2, 0.25) is 0 Å². The summed E-state index contributed by atoms with van der Waals surface area (Å²) < 4.78 is 5.59. The van der Waals surface area contributed by atoms with Gasteiger partial charge in [0.25, 0.3) is 11.8 Å². The summed E-state index contributed by atoms with van der Waals surface area (Å²) in [5.41, 5.74) is 1.41. The Labute approximate surface area is 150 Å². The third-order valence-corrected chi connectivity index (χ3v) is 4.02. The van der Waals surface area contributed by atoms with Crippen molar-refractivity contribution < 1.29 is 14.3 Å². The second-order valence-electron chi connectivity index (χ2n) is 5.90. The molecule has 2 amide bonds. The summed E-state index contributed by atoms with van der Waals surface area (Å²) >= 11 is 6.16. The van der Waals surface area contributed by atoms with Gasteiger partial charge < -0.3 is 4.74 Å². The standard InChI is InChI=1S/C19H17ClN2O3/c1-12(2)25-15-8-6-13(7-9-15)16-17(20)19(24)22(18(16)23)11-14-5-3-4-10-21-14/h3-10,12H,11H2,1-2H3. The first-order valence-electron chi connectivity index (χ1n) is 7.90. The van der Waals surface area contributed by atoms with Gasteiger partial charge in [0.15, 0.2) is 0 Å². The van der Waals surface area contributed by atoms with Crippen LogP contribution in [0.1, 0.15) is 25.1 Å². The number of nitrogens with zero attached hydrogens (tertiary/aromatic N) is 2. The van der Waals surface area contributed by atoms with Crippen LogP contribution in [0.4, 0.5) is 0 Å². The van der Waals surface area contributed by atoms with Crippen LogP contribution < -0.4 is 4.74 Å². The Morgan fingerprint density at radius 1 is 1.08 bits per heavy atom. The van der Waals surface area contributed by atoms with Gasteiger partial charge in [-0.1, -0.05) is 29.8 Å². The highest BCUT2D eigenvalue weighted by molar-refractivity contribution is 6.55. The van der Waals surface area contributed by atoms with Crippen LogP contribution in [0, 0.1) is 0 Å². The van der Waals surface area contributed by atoms with Crippen molar-refractivity contribution in [3.05, 3.63) is 65.0 Å². The zero-order chi connectivity index (χ0) is 18.0. The second kappa shape index (κ2) is 7.07. The lowest BCUT2D eigenvalue weighted by atomic mass is 10.1. The molecule has 25 heavy (non-hydrogen) atoms. The van der Waals surface area contributed by atoms with Crippen molar-refractivity contribution in [1.82, 2.24) is 9.88 Å². The number of hydrogen-bond donors (Lipinski definition) is 0. The van der Waals surface area contributed by atoms with E-state index in [2.05, 4.69) is 4.98 Å². The molecule has 0 N–H and O–H groups in total. The number of ether oxygens (including phenoxy) is 1. The first-order chi connectivity index (χ1) is 12.0. The molecule has 0 saturated heterocycles. The van der Waals surface area contributed by atoms with Gasteiger partial charge in [-0.2, -0.15) is 0 Å². The number of aromatic nitrogens is 1. The van der Waals surface area contributed by atoms with Crippen molar-refractivity contribution in [1.29, 1.82) is 0 Å². The van der Waals surface area contributed by atoms with Gasteiger partial charge in [0.05, 0.1) is 23.9 Å². The largest absolute Gasteiger partial charge is 0.491 e. The molecule has 0 saturated carbocycles. The minimum Gasteiger partial charge on any atom is -0.491 e. The van der Waals surface area contributed by atoms with Crippen LogP contribution in [0.3, 0.4) is 0 Å². The number of carbonyl (C=O) groups excluding carboxylic acids is 2. The van der Waals surface area contributed by atoms with Gasteiger partial charge in [-0.3, -0.25) is 19.5 Å². The Morgan fingerprint density at radius 2 is 1.80 bits per heavy atom. The van der Waals surface area contributed by atoms with E-state index in [9.17, 15) is 9.59 Å². The van der Waals surface area contributed by atoms with E-state index in [-0.39, 0.29) is 23.3 Å². The van der Waals surface area contributed by atoms with E-state index >= 15 is 0 Å². The van der Waals surface area contributed by atoms with Crippen molar-refractivity contribution in [2.45, 2.75) is 26.5 Å². The first kappa shape index (κ1) is 17.2. The van der Waals surface area contributed by atoms with Crippen LogP contribution in [-0.4, -0.2) is 27.8 Å². The molecule has 0 unspecified atom stereocenters. The molecule has 6 heteroatoms. The van der Waals surface area contributed by atoms with Crippen LogP contribution in [0.5, 0.6) is 5.75 Å². The van der Waals surface area contributed by atoms with Gasteiger partial charge >= 0.3 is 0 Å². The summed E-state index contributed by atoms with van der Waals surface area (Å²) in [6.07, 6.45) is 1.67. The summed E-state index contributed by atoms with van der Waals surface area (Å²) in [5.74, 6) is -0.231. The summed E-state index contributed by atoms with van der Waals surface area (Å²) in [5, 5.41) is -0.0709. The summed E-state index contributed by atoms with van der Waals surface area (Å²) in [7, 11) is 0. The van der Waals surface area contributed by atoms with E-state index in [4.69, 9.17) is 16.3 Å². The maximum atomic E-state index is 12.7. The molecule has 1 aromatic carbocycles. The predicted molar refractivity (Wildman–Crippen MR) is 94.8 cm³/mol. The quantitative estimate of drug-likeness (QED) is 0.770. The number of rotatable bonds is 5. The van der Waals surface area contributed by atoms with Crippen LogP contribution >= 0.6 is 11.6 Å². The molecule has 128 valence electrons. The van der Waals surface area contributed by atoms with Crippen LogP contribution in [0.15, 0.2) is 53.7 Å². The number of hydrogen-bond acceptors (Lipinski definition) is 4. The van der Waals surface area contributed by atoms with Gasteiger partial charge in [0, 0.05) is 6.20 Å². The SMILES string of the molecule is CC(C)Oc1ccc(C2=C(Cl)C(=O)N(Cc3ccccn3)C2=O)cc1. The number of carbonyl (C=O) groups is 2. The van der Waals surface area contributed by atoms with Crippen molar-refractivity contribution >= 4 is 29.0 Å². The molecule has 2 aromatic rings. The number of benzene rings is 1. The molecular formula is C19H17ClN2O3. The molecule has 1 aliphatic rings. The second-order valence-corrected chi connectivity index (χ2v) is 6.28. The van der Waals surface area contributed by atoms with E-state index in [1.165, 1.54) is 0 Å². The van der Waals surface area contributed by atoms with Gasteiger partial charge in [-0.25, -0.2) is 0 Å². The Hall–Kier alpha value is -2.66. The molecule has 0 fully saturated rings. The fraction of sp³-hybridized carbons (Fsp3) is 0.211. The molecular weight excluding hydrogens is 340 g/mol. The molecule has 1 aliphatic heterocycles. The highest BCUT2D eigenvalue weighted by Crippen LogP contribution is 2.33. The van der Waals surface area contributed by atoms with Gasteiger partial charge in [-0.15, -0.1) is 0 Å². The zero-order valence-electron chi connectivity index (χ0n) is 13.9. The monoisotopic (exact) mass is 356 g/mol. The maximum absolute atomic E-state index is 12.7. The number of amides is 2. The van der Waals surface area contributed by atoms with Crippen molar-refractivity contribution in [3.63, 3.8) is 0 Å². The summed E-state index contributed by atoms with van der Waals surface area (Å²) in [6.45, 7) is 3.96. The molecule has 0 atom stereocenters.